The van der Waals surface area contributed by atoms with Crippen LogP contribution in [-0.2, 0) is 22.7 Å². The summed E-state index contributed by atoms with van der Waals surface area (Å²) >= 11 is 0. The first kappa shape index (κ1) is 26.7. The molecule has 3 aromatic rings. The zero-order chi connectivity index (χ0) is 27.7. The molecule has 1 atom stereocenters. The van der Waals surface area contributed by atoms with Gasteiger partial charge in [0.15, 0.2) is 0 Å². The van der Waals surface area contributed by atoms with E-state index in [2.05, 4.69) is 142 Å². The molecule has 1 unspecified atom stereocenters. The quantitative estimate of drug-likeness (QED) is 0.261. The zero-order valence-corrected chi connectivity index (χ0v) is 25.3. The van der Waals surface area contributed by atoms with Crippen LogP contribution in [0.25, 0.3) is 11.1 Å². The first-order valence-corrected chi connectivity index (χ1v) is 14.4. The summed E-state index contributed by atoms with van der Waals surface area (Å²) in [5.74, 6) is 0. The van der Waals surface area contributed by atoms with Crippen molar-refractivity contribution >= 4 is 0 Å². The van der Waals surface area contributed by atoms with E-state index in [0.717, 1.165) is 12.8 Å². The van der Waals surface area contributed by atoms with Gasteiger partial charge in [-0.3, -0.25) is 0 Å². The summed E-state index contributed by atoms with van der Waals surface area (Å²) in [7, 11) is 0. The lowest BCUT2D eigenvalue weighted by atomic mass is 9.66. The second-order valence-electron chi connectivity index (χ2n) is 14.9. The maximum Gasteiger partial charge on any atom is 0.0392 e. The summed E-state index contributed by atoms with van der Waals surface area (Å²) < 4.78 is 0. The highest BCUT2D eigenvalue weighted by Crippen LogP contribution is 2.51. The van der Waals surface area contributed by atoms with Gasteiger partial charge < -0.3 is 0 Å². The number of fused-ring (bicyclic) bond motifs is 3. The van der Waals surface area contributed by atoms with Crippen molar-refractivity contribution in [3.8, 4) is 11.1 Å². The van der Waals surface area contributed by atoms with Gasteiger partial charge in [0.05, 0.1) is 0 Å². The van der Waals surface area contributed by atoms with Gasteiger partial charge in [0, 0.05) is 5.41 Å². The molecule has 0 aromatic heterocycles. The number of hydrogen-bond acceptors (Lipinski definition) is 0. The monoisotopic (exact) mass is 502 g/mol. The first-order chi connectivity index (χ1) is 17.6. The molecule has 0 heterocycles. The SMILES string of the molecule is CC(C)(C)C1=CCC(C(C)(c2ccccc2)c2cc(C(C)(C)C)cc3c2Cc2ccc(C(C)(C)C)cc2-3)=C1. The minimum Gasteiger partial charge on any atom is -0.0767 e. The van der Waals surface area contributed by atoms with Crippen LogP contribution in [0.1, 0.15) is 109 Å². The number of hydrogen-bond donors (Lipinski definition) is 0. The molecule has 0 radical (unpaired) electrons. The maximum absolute atomic E-state index is 2.55. The van der Waals surface area contributed by atoms with E-state index < -0.39 is 0 Å². The average molecular weight is 503 g/mol. The largest absolute Gasteiger partial charge is 0.0767 e. The smallest absolute Gasteiger partial charge is 0.0392 e. The third-order valence-corrected chi connectivity index (χ3v) is 9.02. The Kier molecular flexibility index (Phi) is 6.22. The summed E-state index contributed by atoms with van der Waals surface area (Å²) in [4.78, 5) is 0. The second kappa shape index (κ2) is 8.84. The summed E-state index contributed by atoms with van der Waals surface area (Å²) in [5, 5.41) is 0. The van der Waals surface area contributed by atoms with Crippen molar-refractivity contribution in [1.29, 1.82) is 0 Å². The molecule has 198 valence electrons. The minimum atomic E-state index is -0.203. The van der Waals surface area contributed by atoms with Gasteiger partial charge in [0.1, 0.15) is 0 Å². The van der Waals surface area contributed by atoms with Gasteiger partial charge in [0.2, 0.25) is 0 Å². The molecule has 0 heteroatoms. The lowest BCUT2D eigenvalue weighted by Gasteiger charge is -2.36. The normalized spacial score (nSPS) is 17.0. The number of benzene rings is 3. The van der Waals surface area contributed by atoms with Crippen molar-refractivity contribution in [2.75, 3.05) is 0 Å². The molecule has 0 aliphatic heterocycles. The third kappa shape index (κ3) is 4.51. The summed E-state index contributed by atoms with van der Waals surface area (Å²) in [5.41, 5.74) is 14.6. The van der Waals surface area contributed by atoms with Crippen molar-refractivity contribution in [1.82, 2.24) is 0 Å². The predicted molar refractivity (Wildman–Crippen MR) is 165 cm³/mol. The van der Waals surface area contributed by atoms with Gasteiger partial charge in [0.25, 0.3) is 0 Å². The molecule has 0 saturated carbocycles. The standard InChI is InChI=1S/C38H46/c1-35(2,3)27-18-19-29(21-27)38(10,26-14-12-11-13-15-26)34-24-30(37(7,8)9)23-32-31-22-28(36(4,5)6)17-16-25(31)20-33(32)34/h11-18,21-24H,19-20H2,1-10H3. The Bertz CT molecular complexity index is 1440. The molecule has 38 heavy (non-hydrogen) atoms. The van der Waals surface area contributed by atoms with Crippen molar-refractivity contribution < 1.29 is 0 Å². The molecule has 0 N–H and O–H groups in total. The molecule has 2 aliphatic carbocycles. The maximum atomic E-state index is 2.55. The van der Waals surface area contributed by atoms with Crippen LogP contribution in [0.2, 0.25) is 0 Å². The van der Waals surface area contributed by atoms with Crippen molar-refractivity contribution in [3.63, 3.8) is 0 Å². The lowest BCUT2D eigenvalue weighted by Crippen LogP contribution is -2.28. The van der Waals surface area contributed by atoms with Crippen LogP contribution in [0.4, 0.5) is 0 Å². The predicted octanol–water partition coefficient (Wildman–Crippen LogP) is 10.5. The molecule has 0 amide bonds. The molecule has 2 aliphatic rings. The molecule has 0 nitrogen and oxygen atoms in total. The van der Waals surface area contributed by atoms with E-state index in [4.69, 9.17) is 0 Å². The molecule has 0 fully saturated rings. The van der Waals surface area contributed by atoms with Gasteiger partial charge in [-0.05, 0) is 86.1 Å². The zero-order valence-electron chi connectivity index (χ0n) is 25.3. The average Bonchev–Trinajstić information content (AvgIpc) is 3.48. The highest BCUT2D eigenvalue weighted by Gasteiger charge is 2.40. The van der Waals surface area contributed by atoms with Crippen molar-refractivity contribution in [2.24, 2.45) is 5.41 Å². The van der Waals surface area contributed by atoms with E-state index in [1.807, 2.05) is 0 Å². The lowest BCUT2D eigenvalue weighted by molar-refractivity contribution is 0.517. The molecule has 3 aromatic carbocycles. The molecule has 5 rings (SSSR count). The van der Waals surface area contributed by atoms with Gasteiger partial charge in [-0.15, -0.1) is 0 Å². The fraction of sp³-hybridized carbons (Fsp3) is 0.421. The Labute approximate surface area is 231 Å². The first-order valence-electron chi connectivity index (χ1n) is 14.4. The summed E-state index contributed by atoms with van der Waals surface area (Å²) in [6.45, 7) is 23.5. The van der Waals surface area contributed by atoms with E-state index in [1.54, 1.807) is 0 Å². The van der Waals surface area contributed by atoms with Crippen LogP contribution in [0.5, 0.6) is 0 Å². The van der Waals surface area contributed by atoms with Gasteiger partial charge >= 0.3 is 0 Å². The van der Waals surface area contributed by atoms with E-state index in [0.29, 0.717) is 0 Å². The Morgan fingerprint density at radius 3 is 1.79 bits per heavy atom. The Morgan fingerprint density at radius 1 is 0.579 bits per heavy atom. The molecular formula is C38H46. The van der Waals surface area contributed by atoms with Crippen molar-refractivity contribution in [3.05, 3.63) is 117 Å². The summed E-state index contributed by atoms with van der Waals surface area (Å²) in [6, 6.07) is 23.5. The minimum absolute atomic E-state index is 0.0602. The van der Waals surface area contributed by atoms with E-state index in [9.17, 15) is 0 Å². The Balaban J connectivity index is 1.80. The number of allylic oxidation sites excluding steroid dienone is 4. The van der Waals surface area contributed by atoms with Crippen LogP contribution in [0, 0.1) is 5.41 Å². The molecule has 0 bridgehead atoms. The fourth-order valence-electron chi connectivity index (χ4n) is 6.30. The molecule has 0 saturated heterocycles. The van der Waals surface area contributed by atoms with Crippen LogP contribution >= 0.6 is 0 Å². The van der Waals surface area contributed by atoms with Crippen LogP contribution in [0.3, 0.4) is 0 Å². The van der Waals surface area contributed by atoms with Crippen LogP contribution in [0.15, 0.2) is 84.0 Å². The van der Waals surface area contributed by atoms with E-state index in [-0.39, 0.29) is 21.7 Å². The second-order valence-corrected chi connectivity index (χ2v) is 14.9. The van der Waals surface area contributed by atoms with Crippen LogP contribution in [-0.4, -0.2) is 0 Å². The highest BCUT2D eigenvalue weighted by atomic mass is 14.4. The van der Waals surface area contributed by atoms with Gasteiger partial charge in [-0.1, -0.05) is 141 Å². The Hall–Kier alpha value is -2.86. The summed E-state index contributed by atoms with van der Waals surface area (Å²) in [6.07, 6.45) is 7.00. The van der Waals surface area contributed by atoms with Crippen molar-refractivity contribution in [2.45, 2.75) is 98.3 Å². The number of rotatable bonds is 3. The van der Waals surface area contributed by atoms with Gasteiger partial charge in [-0.2, -0.15) is 0 Å². The fourth-order valence-corrected chi connectivity index (χ4v) is 6.30. The topological polar surface area (TPSA) is 0 Å². The molecular weight excluding hydrogens is 456 g/mol. The Morgan fingerprint density at radius 2 is 1.21 bits per heavy atom. The molecule has 0 spiro atoms. The highest BCUT2D eigenvalue weighted by molar-refractivity contribution is 5.81. The third-order valence-electron chi connectivity index (χ3n) is 9.02. The van der Waals surface area contributed by atoms with Crippen LogP contribution < -0.4 is 0 Å². The van der Waals surface area contributed by atoms with Gasteiger partial charge in [-0.25, -0.2) is 0 Å². The van der Waals surface area contributed by atoms with E-state index >= 15 is 0 Å². The van der Waals surface area contributed by atoms with E-state index in [1.165, 1.54) is 55.7 Å².